The molecule has 2 unspecified atom stereocenters. The second kappa shape index (κ2) is 4.35. The van der Waals surface area contributed by atoms with Gasteiger partial charge in [0.25, 0.3) is 0 Å². The van der Waals surface area contributed by atoms with Gasteiger partial charge in [0.05, 0.1) is 12.5 Å². The molecule has 1 aromatic heterocycles. The number of hydrogen-bond donors (Lipinski definition) is 1. The summed E-state index contributed by atoms with van der Waals surface area (Å²) in [5, 5.41) is 13.6. The molecule has 3 heterocycles. The van der Waals surface area contributed by atoms with Crippen LogP contribution < -0.4 is 0 Å². The van der Waals surface area contributed by atoms with Gasteiger partial charge in [0.15, 0.2) is 5.82 Å². The lowest BCUT2D eigenvalue weighted by Crippen LogP contribution is -2.27. The van der Waals surface area contributed by atoms with E-state index in [-0.39, 0.29) is 5.92 Å². The van der Waals surface area contributed by atoms with Crippen LogP contribution in [0.3, 0.4) is 0 Å². The van der Waals surface area contributed by atoms with Crippen LogP contribution >= 0.6 is 0 Å². The molecule has 98 valence electrons. The Labute approximate surface area is 106 Å². The number of fused-ring (bicyclic) bond motifs is 1. The zero-order valence-corrected chi connectivity index (χ0v) is 10.5. The quantitative estimate of drug-likeness (QED) is 0.819. The Kier molecular flexibility index (Phi) is 2.81. The summed E-state index contributed by atoms with van der Waals surface area (Å²) in [5.74, 6) is 1.24. The van der Waals surface area contributed by atoms with E-state index in [4.69, 9.17) is 5.11 Å². The molecule has 3 rings (SSSR count). The molecule has 0 saturated carbocycles. The van der Waals surface area contributed by atoms with E-state index in [0.29, 0.717) is 18.9 Å². The van der Waals surface area contributed by atoms with Crippen LogP contribution in [0.15, 0.2) is 0 Å². The molecule has 1 fully saturated rings. The predicted molar refractivity (Wildman–Crippen MR) is 64.3 cm³/mol. The molecule has 1 N–H and O–H groups in total. The average Bonchev–Trinajstić information content (AvgIpc) is 2.93. The summed E-state index contributed by atoms with van der Waals surface area (Å²) in [5.41, 5.74) is 0. The van der Waals surface area contributed by atoms with Crippen LogP contribution in [0.4, 0.5) is 0 Å². The molecule has 0 aliphatic carbocycles. The molecular weight excluding hydrogens is 232 g/mol. The monoisotopic (exact) mass is 250 g/mol. The molecule has 0 amide bonds. The summed E-state index contributed by atoms with van der Waals surface area (Å²) in [6.07, 6.45) is 2.51. The van der Waals surface area contributed by atoms with Gasteiger partial charge in [-0.3, -0.25) is 4.79 Å². The summed E-state index contributed by atoms with van der Waals surface area (Å²) in [7, 11) is 2.11. The van der Waals surface area contributed by atoms with Crippen molar-refractivity contribution in [3.63, 3.8) is 0 Å². The molecule has 2 aliphatic rings. The number of aryl methyl sites for hydroxylation is 1. The number of rotatable bonds is 2. The van der Waals surface area contributed by atoms with Crippen molar-refractivity contribution >= 4 is 5.97 Å². The van der Waals surface area contributed by atoms with Gasteiger partial charge in [-0.25, -0.2) is 9.67 Å². The molecule has 2 aliphatic heterocycles. The van der Waals surface area contributed by atoms with Gasteiger partial charge in [-0.05, 0) is 26.4 Å². The fraction of sp³-hybridized carbons (Fsp3) is 0.750. The molecule has 6 heteroatoms. The number of nitrogens with zero attached hydrogens (tertiary/aromatic N) is 4. The van der Waals surface area contributed by atoms with Crippen LogP contribution in [0.2, 0.25) is 0 Å². The summed E-state index contributed by atoms with van der Waals surface area (Å²) >= 11 is 0. The summed E-state index contributed by atoms with van der Waals surface area (Å²) in [4.78, 5) is 17.9. The van der Waals surface area contributed by atoms with E-state index >= 15 is 0 Å². The largest absolute Gasteiger partial charge is 0.481 e. The lowest BCUT2D eigenvalue weighted by molar-refractivity contribution is -0.142. The number of aliphatic carboxylic acids is 1. The SMILES string of the molecule is CN1CCC(c2nc3n(n2)CC(C(=O)O)CC3)C1. The number of carboxylic acids is 1. The van der Waals surface area contributed by atoms with Gasteiger partial charge in [-0.2, -0.15) is 5.10 Å². The van der Waals surface area contributed by atoms with Crippen molar-refractivity contribution in [3.05, 3.63) is 11.6 Å². The minimum absolute atomic E-state index is 0.307. The van der Waals surface area contributed by atoms with E-state index in [1.807, 2.05) is 0 Å². The molecule has 6 nitrogen and oxygen atoms in total. The van der Waals surface area contributed by atoms with Gasteiger partial charge in [0, 0.05) is 18.9 Å². The lowest BCUT2D eigenvalue weighted by atomic mass is 10.0. The predicted octanol–water partition coefficient (Wildman–Crippen LogP) is 0.344. The number of carbonyl (C=O) groups is 1. The highest BCUT2D eigenvalue weighted by Gasteiger charge is 2.30. The lowest BCUT2D eigenvalue weighted by Gasteiger charge is -2.18. The minimum Gasteiger partial charge on any atom is -0.481 e. The number of aromatic nitrogens is 3. The minimum atomic E-state index is -0.724. The number of likely N-dealkylation sites (tertiary alicyclic amines) is 1. The maximum absolute atomic E-state index is 11.0. The van der Waals surface area contributed by atoms with Crippen molar-refractivity contribution in [2.45, 2.75) is 31.7 Å². The van der Waals surface area contributed by atoms with E-state index in [0.717, 1.165) is 37.6 Å². The molecule has 0 radical (unpaired) electrons. The van der Waals surface area contributed by atoms with Crippen molar-refractivity contribution in [1.29, 1.82) is 0 Å². The van der Waals surface area contributed by atoms with Gasteiger partial charge in [0.1, 0.15) is 5.82 Å². The first-order valence-corrected chi connectivity index (χ1v) is 6.48. The summed E-state index contributed by atoms with van der Waals surface area (Å²) < 4.78 is 1.80. The number of hydrogen-bond acceptors (Lipinski definition) is 4. The second-order valence-corrected chi connectivity index (χ2v) is 5.39. The Hall–Kier alpha value is -1.43. The molecule has 1 saturated heterocycles. The number of carboxylic acid groups (broad SMARTS) is 1. The first-order chi connectivity index (χ1) is 8.63. The fourth-order valence-electron chi connectivity index (χ4n) is 2.85. The van der Waals surface area contributed by atoms with E-state index in [1.165, 1.54) is 0 Å². The Balaban J connectivity index is 1.79. The molecule has 0 bridgehead atoms. The Morgan fingerprint density at radius 1 is 1.39 bits per heavy atom. The maximum atomic E-state index is 11.0. The Bertz CT molecular complexity index is 471. The van der Waals surface area contributed by atoms with Crippen molar-refractivity contribution in [2.24, 2.45) is 5.92 Å². The van der Waals surface area contributed by atoms with Crippen LogP contribution in [0.5, 0.6) is 0 Å². The molecule has 0 spiro atoms. The third-order valence-electron chi connectivity index (χ3n) is 3.98. The standard InChI is InChI=1S/C12H18N4O2/c1-15-5-4-8(6-15)11-13-10-3-2-9(12(17)18)7-16(10)14-11/h8-9H,2-7H2,1H3,(H,17,18). The van der Waals surface area contributed by atoms with E-state index in [2.05, 4.69) is 22.0 Å². The van der Waals surface area contributed by atoms with Crippen LogP contribution in [0.1, 0.15) is 30.4 Å². The fourth-order valence-corrected chi connectivity index (χ4v) is 2.85. The van der Waals surface area contributed by atoms with Crippen molar-refractivity contribution in [3.8, 4) is 0 Å². The average molecular weight is 250 g/mol. The number of likely N-dealkylation sites (N-methyl/N-ethyl adjacent to an activating group) is 1. The molecular formula is C12H18N4O2. The summed E-state index contributed by atoms with van der Waals surface area (Å²) in [6, 6.07) is 0. The van der Waals surface area contributed by atoms with Gasteiger partial charge in [-0.15, -0.1) is 0 Å². The molecule has 2 atom stereocenters. The summed E-state index contributed by atoms with van der Waals surface area (Å²) in [6.45, 7) is 2.57. The van der Waals surface area contributed by atoms with Crippen molar-refractivity contribution < 1.29 is 9.90 Å². The van der Waals surface area contributed by atoms with E-state index in [1.54, 1.807) is 4.68 Å². The first kappa shape index (κ1) is 11.6. The van der Waals surface area contributed by atoms with Crippen LogP contribution in [0, 0.1) is 5.92 Å². The molecule has 1 aromatic rings. The first-order valence-electron chi connectivity index (χ1n) is 6.48. The Morgan fingerprint density at radius 3 is 2.89 bits per heavy atom. The van der Waals surface area contributed by atoms with Gasteiger partial charge < -0.3 is 10.0 Å². The highest BCUT2D eigenvalue weighted by Crippen LogP contribution is 2.26. The van der Waals surface area contributed by atoms with E-state index < -0.39 is 5.97 Å². The second-order valence-electron chi connectivity index (χ2n) is 5.39. The highest BCUT2D eigenvalue weighted by atomic mass is 16.4. The van der Waals surface area contributed by atoms with Gasteiger partial charge in [0.2, 0.25) is 0 Å². The van der Waals surface area contributed by atoms with Crippen molar-refractivity contribution in [2.75, 3.05) is 20.1 Å². The van der Waals surface area contributed by atoms with Gasteiger partial charge in [-0.1, -0.05) is 0 Å². The molecule has 0 aromatic carbocycles. The van der Waals surface area contributed by atoms with Crippen LogP contribution in [-0.2, 0) is 17.8 Å². The maximum Gasteiger partial charge on any atom is 0.308 e. The molecule has 18 heavy (non-hydrogen) atoms. The third kappa shape index (κ3) is 2.01. The van der Waals surface area contributed by atoms with Gasteiger partial charge >= 0.3 is 5.97 Å². The van der Waals surface area contributed by atoms with E-state index in [9.17, 15) is 4.79 Å². The third-order valence-corrected chi connectivity index (χ3v) is 3.98. The highest BCUT2D eigenvalue weighted by molar-refractivity contribution is 5.70. The topological polar surface area (TPSA) is 71.2 Å². The smallest absolute Gasteiger partial charge is 0.308 e. The zero-order valence-electron chi connectivity index (χ0n) is 10.5. The van der Waals surface area contributed by atoms with Crippen LogP contribution in [0.25, 0.3) is 0 Å². The van der Waals surface area contributed by atoms with Crippen LogP contribution in [-0.4, -0.2) is 50.9 Å². The van der Waals surface area contributed by atoms with Crippen molar-refractivity contribution in [1.82, 2.24) is 19.7 Å². The normalized spacial score (nSPS) is 28.3. The Morgan fingerprint density at radius 2 is 2.22 bits per heavy atom. The zero-order chi connectivity index (χ0) is 12.7.